The second-order valence-corrected chi connectivity index (χ2v) is 7.36. The van der Waals surface area contributed by atoms with Gasteiger partial charge in [0.05, 0.1) is 6.54 Å². The van der Waals surface area contributed by atoms with Crippen LogP contribution in [0.25, 0.3) is 0 Å². The minimum Gasteiger partial charge on any atom is -0.349 e. The van der Waals surface area contributed by atoms with E-state index in [1.807, 2.05) is 23.6 Å². The van der Waals surface area contributed by atoms with E-state index < -0.39 is 23.2 Å². The van der Waals surface area contributed by atoms with Gasteiger partial charge in [-0.3, -0.25) is 14.2 Å². The summed E-state index contributed by atoms with van der Waals surface area (Å²) in [4.78, 5) is 39.1. The number of hydrogen-bond acceptors (Lipinski definition) is 5. The standard InChI is InChI=1S/C18H20N4O3S/c1-12(16(23)20-11-13-6-5-9-26-13)22-17(24)14(10-19)15-7-3-2-4-8-21(15)18(22)25/h5-6,9,12H,2-4,7-8,11H2,1H3,(H,20,23)/t12-/m1/s1. The Labute approximate surface area is 154 Å². The minimum absolute atomic E-state index is 0.0237. The molecule has 8 heteroatoms. The molecule has 7 nitrogen and oxygen atoms in total. The highest BCUT2D eigenvalue weighted by atomic mass is 32.1. The predicted molar refractivity (Wildman–Crippen MR) is 98.1 cm³/mol. The van der Waals surface area contributed by atoms with Crippen LogP contribution < -0.4 is 16.6 Å². The van der Waals surface area contributed by atoms with Gasteiger partial charge in [0.1, 0.15) is 17.7 Å². The number of fused-ring (bicyclic) bond motifs is 1. The number of nitriles is 1. The summed E-state index contributed by atoms with van der Waals surface area (Å²) < 4.78 is 2.41. The fourth-order valence-electron chi connectivity index (χ4n) is 3.25. The fourth-order valence-corrected chi connectivity index (χ4v) is 3.89. The van der Waals surface area contributed by atoms with Crippen LogP contribution in [0.1, 0.15) is 48.4 Å². The molecule has 3 heterocycles. The second kappa shape index (κ2) is 7.70. The summed E-state index contributed by atoms with van der Waals surface area (Å²) in [5, 5.41) is 14.1. The smallest absolute Gasteiger partial charge is 0.331 e. The van der Waals surface area contributed by atoms with Crippen molar-refractivity contribution in [1.29, 1.82) is 5.26 Å². The summed E-state index contributed by atoms with van der Waals surface area (Å²) in [6.07, 6.45) is 3.13. The Balaban J connectivity index is 1.97. The molecule has 0 bridgehead atoms. The summed E-state index contributed by atoms with van der Waals surface area (Å²) in [6.45, 7) is 2.32. The maximum absolute atomic E-state index is 12.9. The predicted octanol–water partition coefficient (Wildman–Crippen LogP) is 1.55. The van der Waals surface area contributed by atoms with Gasteiger partial charge in [-0.2, -0.15) is 5.26 Å². The highest BCUT2D eigenvalue weighted by Gasteiger charge is 2.26. The first-order valence-electron chi connectivity index (χ1n) is 8.63. The number of carbonyl (C=O) groups excluding carboxylic acids is 1. The number of thiophene rings is 1. The lowest BCUT2D eigenvalue weighted by molar-refractivity contribution is -0.124. The maximum Gasteiger partial charge on any atom is 0.331 e. The molecule has 0 unspecified atom stereocenters. The Morgan fingerprint density at radius 2 is 2.19 bits per heavy atom. The Hall–Kier alpha value is -2.66. The summed E-state index contributed by atoms with van der Waals surface area (Å²) in [5.74, 6) is -0.421. The quantitative estimate of drug-likeness (QED) is 0.880. The van der Waals surface area contributed by atoms with Crippen LogP contribution in [0.4, 0.5) is 0 Å². The first-order chi connectivity index (χ1) is 12.5. The van der Waals surface area contributed by atoms with Gasteiger partial charge in [-0.1, -0.05) is 12.5 Å². The molecule has 1 amide bonds. The molecule has 1 N–H and O–H groups in total. The molecule has 26 heavy (non-hydrogen) atoms. The fraction of sp³-hybridized carbons (Fsp3) is 0.444. The van der Waals surface area contributed by atoms with Gasteiger partial charge in [-0.25, -0.2) is 9.36 Å². The molecule has 0 radical (unpaired) electrons. The van der Waals surface area contributed by atoms with Crippen molar-refractivity contribution in [1.82, 2.24) is 14.5 Å². The van der Waals surface area contributed by atoms with Gasteiger partial charge in [0.15, 0.2) is 0 Å². The van der Waals surface area contributed by atoms with E-state index in [0.29, 0.717) is 25.2 Å². The number of nitrogens with zero attached hydrogens (tertiary/aromatic N) is 3. The lowest BCUT2D eigenvalue weighted by atomic mass is 10.1. The molecule has 1 aliphatic heterocycles. The Kier molecular flexibility index (Phi) is 5.38. The monoisotopic (exact) mass is 372 g/mol. The summed E-state index contributed by atoms with van der Waals surface area (Å²) in [7, 11) is 0. The van der Waals surface area contributed by atoms with Crippen LogP contribution in [-0.4, -0.2) is 15.0 Å². The first kappa shape index (κ1) is 18.1. The largest absolute Gasteiger partial charge is 0.349 e. The molecule has 0 fully saturated rings. The van der Waals surface area contributed by atoms with Gasteiger partial charge in [-0.05, 0) is 37.6 Å². The molecule has 0 aromatic carbocycles. The molecular formula is C18H20N4O3S. The van der Waals surface area contributed by atoms with Crippen LogP contribution in [0.3, 0.4) is 0 Å². The third kappa shape index (κ3) is 3.35. The molecule has 1 aliphatic rings. The average Bonchev–Trinajstić information content (AvgIpc) is 3.03. The van der Waals surface area contributed by atoms with E-state index in [4.69, 9.17) is 0 Å². The molecule has 0 aliphatic carbocycles. The van der Waals surface area contributed by atoms with Crippen molar-refractivity contribution in [3.63, 3.8) is 0 Å². The molecule has 0 spiro atoms. The zero-order chi connectivity index (χ0) is 18.7. The van der Waals surface area contributed by atoms with Crippen molar-refractivity contribution in [2.24, 2.45) is 0 Å². The highest BCUT2D eigenvalue weighted by Crippen LogP contribution is 2.15. The van der Waals surface area contributed by atoms with E-state index in [1.165, 1.54) is 22.8 Å². The number of carbonyl (C=O) groups is 1. The SMILES string of the molecule is C[C@H](C(=O)NCc1cccs1)n1c(=O)c(C#N)c2n(c1=O)CCCCC2. The van der Waals surface area contributed by atoms with Crippen molar-refractivity contribution in [3.05, 3.63) is 54.5 Å². The van der Waals surface area contributed by atoms with E-state index in [1.54, 1.807) is 0 Å². The number of aromatic nitrogens is 2. The van der Waals surface area contributed by atoms with Crippen molar-refractivity contribution >= 4 is 17.2 Å². The Morgan fingerprint density at radius 1 is 1.38 bits per heavy atom. The van der Waals surface area contributed by atoms with Gasteiger partial charge in [0, 0.05) is 17.1 Å². The van der Waals surface area contributed by atoms with Crippen molar-refractivity contribution in [3.8, 4) is 6.07 Å². The summed E-state index contributed by atoms with van der Waals surface area (Å²) >= 11 is 1.51. The maximum atomic E-state index is 12.9. The molecule has 0 saturated heterocycles. The molecule has 1 atom stereocenters. The minimum atomic E-state index is -0.983. The number of rotatable bonds is 4. The van der Waals surface area contributed by atoms with Gasteiger partial charge < -0.3 is 5.32 Å². The highest BCUT2D eigenvalue weighted by molar-refractivity contribution is 7.09. The average molecular weight is 372 g/mol. The van der Waals surface area contributed by atoms with Crippen LogP contribution in [0, 0.1) is 11.3 Å². The lowest BCUT2D eigenvalue weighted by Crippen LogP contribution is -2.48. The normalized spacial score (nSPS) is 14.8. The van der Waals surface area contributed by atoms with Gasteiger partial charge in [0.25, 0.3) is 5.56 Å². The second-order valence-electron chi connectivity index (χ2n) is 6.33. The van der Waals surface area contributed by atoms with Crippen LogP contribution in [0.15, 0.2) is 27.1 Å². The van der Waals surface area contributed by atoms with Crippen LogP contribution in [-0.2, 0) is 24.3 Å². The van der Waals surface area contributed by atoms with E-state index in [9.17, 15) is 19.6 Å². The van der Waals surface area contributed by atoms with E-state index in [-0.39, 0.29) is 5.56 Å². The Morgan fingerprint density at radius 3 is 2.88 bits per heavy atom. The van der Waals surface area contributed by atoms with E-state index >= 15 is 0 Å². The topological polar surface area (TPSA) is 96.9 Å². The molecule has 2 aromatic rings. The lowest BCUT2D eigenvalue weighted by Gasteiger charge is -2.18. The Bertz CT molecular complexity index is 966. The molecule has 3 rings (SSSR count). The van der Waals surface area contributed by atoms with Crippen molar-refractivity contribution in [2.45, 2.75) is 51.7 Å². The van der Waals surface area contributed by atoms with Crippen LogP contribution in [0.5, 0.6) is 0 Å². The van der Waals surface area contributed by atoms with Crippen LogP contribution in [0.2, 0.25) is 0 Å². The summed E-state index contributed by atoms with van der Waals surface area (Å²) in [6, 6.07) is 4.74. The third-order valence-corrected chi connectivity index (χ3v) is 5.55. The van der Waals surface area contributed by atoms with Gasteiger partial charge in [-0.15, -0.1) is 11.3 Å². The van der Waals surface area contributed by atoms with Crippen molar-refractivity contribution in [2.75, 3.05) is 0 Å². The first-order valence-corrected chi connectivity index (χ1v) is 9.51. The van der Waals surface area contributed by atoms with E-state index in [0.717, 1.165) is 28.7 Å². The molecule has 136 valence electrons. The van der Waals surface area contributed by atoms with Gasteiger partial charge >= 0.3 is 5.69 Å². The summed E-state index contributed by atoms with van der Waals surface area (Å²) in [5.41, 5.74) is -0.707. The molecule has 2 aromatic heterocycles. The zero-order valence-corrected chi connectivity index (χ0v) is 15.3. The third-order valence-electron chi connectivity index (χ3n) is 4.67. The van der Waals surface area contributed by atoms with Crippen molar-refractivity contribution < 1.29 is 4.79 Å². The zero-order valence-electron chi connectivity index (χ0n) is 14.5. The molecule has 0 saturated carbocycles. The molecular weight excluding hydrogens is 352 g/mol. The van der Waals surface area contributed by atoms with Crippen LogP contribution >= 0.6 is 11.3 Å². The van der Waals surface area contributed by atoms with Gasteiger partial charge in [0.2, 0.25) is 5.91 Å². The van der Waals surface area contributed by atoms with E-state index in [2.05, 4.69) is 5.32 Å². The number of amides is 1. The number of hydrogen-bond donors (Lipinski definition) is 1. The number of nitrogens with one attached hydrogen (secondary N) is 1.